The summed E-state index contributed by atoms with van der Waals surface area (Å²) >= 11 is 0. The second-order valence-corrected chi connectivity index (χ2v) is 9.51. The fourth-order valence-corrected chi connectivity index (χ4v) is 5.24. The first-order valence-corrected chi connectivity index (χ1v) is 12.6. The van der Waals surface area contributed by atoms with E-state index >= 15 is 0 Å². The highest BCUT2D eigenvalue weighted by Crippen LogP contribution is 2.43. The van der Waals surface area contributed by atoms with E-state index < -0.39 is 0 Å². The molecule has 1 aliphatic carbocycles. The third-order valence-corrected chi connectivity index (χ3v) is 7.27. The Kier molecular flexibility index (Phi) is 7.15. The maximum absolute atomic E-state index is 13.1. The summed E-state index contributed by atoms with van der Waals surface area (Å²) in [4.78, 5) is 17.7. The number of carbonyl (C=O) groups excluding carboxylic acids is 1. The van der Waals surface area contributed by atoms with Gasteiger partial charge in [0.15, 0.2) is 22.9 Å². The predicted octanol–water partition coefficient (Wildman–Crippen LogP) is 6.28. The summed E-state index contributed by atoms with van der Waals surface area (Å²) in [6.45, 7) is 0. The third-order valence-electron chi connectivity index (χ3n) is 7.27. The second kappa shape index (κ2) is 10.6. The standard InChI is InChI=1S/C30H32N2O5/c1-34-27-15-21(16-28(35-2)30(27)36-3)26-17-24-29(37-26)22(11-12-32-24)18-8-6-9-20(13-18)25(33)14-19-7-4-5-10-23(19)31/h6,8-9,11-13,15-17,19,23H,4-5,7,10,14,31H2,1-3H3/t19-,23-/m0/s1. The number of Topliss-reactive ketones (excluding diaryl/α,β-unsaturated/α-hetero) is 1. The van der Waals surface area contributed by atoms with Gasteiger partial charge in [-0.3, -0.25) is 9.78 Å². The number of rotatable bonds is 8. The molecule has 2 atom stereocenters. The molecule has 1 aliphatic rings. The number of methoxy groups -OCH3 is 3. The van der Waals surface area contributed by atoms with Gasteiger partial charge in [0.05, 0.1) is 21.3 Å². The van der Waals surface area contributed by atoms with Crippen LogP contribution >= 0.6 is 0 Å². The number of furan rings is 1. The summed E-state index contributed by atoms with van der Waals surface area (Å²) in [5.41, 5.74) is 10.9. The second-order valence-electron chi connectivity index (χ2n) is 9.51. The van der Waals surface area contributed by atoms with E-state index in [1.807, 2.05) is 48.5 Å². The number of fused-ring (bicyclic) bond motifs is 1. The van der Waals surface area contributed by atoms with Crippen LogP contribution in [-0.2, 0) is 0 Å². The van der Waals surface area contributed by atoms with Crippen LogP contribution < -0.4 is 19.9 Å². The molecule has 1 saturated carbocycles. The number of nitrogens with two attached hydrogens (primary N) is 1. The number of aromatic nitrogens is 1. The third kappa shape index (κ3) is 4.91. The smallest absolute Gasteiger partial charge is 0.203 e. The molecule has 4 aromatic rings. The number of pyridine rings is 1. The average Bonchev–Trinajstić information content (AvgIpc) is 3.38. The Hall–Kier alpha value is -3.84. The molecule has 0 aliphatic heterocycles. The van der Waals surface area contributed by atoms with Crippen LogP contribution in [0.1, 0.15) is 42.5 Å². The topological polar surface area (TPSA) is 96.8 Å². The van der Waals surface area contributed by atoms with Crippen LogP contribution in [-0.4, -0.2) is 38.1 Å². The molecule has 0 unspecified atom stereocenters. The van der Waals surface area contributed by atoms with Gasteiger partial charge in [0.1, 0.15) is 11.3 Å². The lowest BCUT2D eigenvalue weighted by Crippen LogP contribution is -2.34. The fourth-order valence-electron chi connectivity index (χ4n) is 5.24. The van der Waals surface area contributed by atoms with Crippen LogP contribution in [0, 0.1) is 5.92 Å². The number of hydrogen-bond acceptors (Lipinski definition) is 7. The molecule has 5 rings (SSSR count). The van der Waals surface area contributed by atoms with Crippen LogP contribution in [0.3, 0.4) is 0 Å². The molecule has 0 radical (unpaired) electrons. The summed E-state index contributed by atoms with van der Waals surface area (Å²) in [5, 5.41) is 0. The van der Waals surface area contributed by atoms with Gasteiger partial charge in [-0.2, -0.15) is 0 Å². The van der Waals surface area contributed by atoms with Crippen LogP contribution in [0.25, 0.3) is 33.6 Å². The van der Waals surface area contributed by atoms with Crippen molar-refractivity contribution in [1.82, 2.24) is 4.98 Å². The Morgan fingerprint density at radius 2 is 1.73 bits per heavy atom. The highest BCUT2D eigenvalue weighted by molar-refractivity contribution is 5.99. The van der Waals surface area contributed by atoms with Crippen molar-refractivity contribution in [3.63, 3.8) is 0 Å². The van der Waals surface area contributed by atoms with Crippen molar-refractivity contribution in [2.75, 3.05) is 21.3 Å². The molecule has 2 aromatic carbocycles. The van der Waals surface area contributed by atoms with Gasteiger partial charge in [-0.15, -0.1) is 0 Å². The number of hydrogen-bond donors (Lipinski definition) is 1. The summed E-state index contributed by atoms with van der Waals surface area (Å²) in [7, 11) is 4.73. The fraction of sp³-hybridized carbons (Fsp3) is 0.333. The van der Waals surface area contributed by atoms with E-state index in [1.54, 1.807) is 27.5 Å². The molecular weight excluding hydrogens is 468 g/mol. The summed E-state index contributed by atoms with van der Waals surface area (Å²) in [6.07, 6.45) is 6.56. The summed E-state index contributed by atoms with van der Waals surface area (Å²) in [6, 6.07) is 15.3. The summed E-state index contributed by atoms with van der Waals surface area (Å²) in [5.74, 6) is 2.59. The van der Waals surface area contributed by atoms with Gasteiger partial charge in [0.25, 0.3) is 0 Å². The van der Waals surface area contributed by atoms with Crippen molar-refractivity contribution in [3.05, 3.63) is 60.3 Å². The van der Waals surface area contributed by atoms with Gasteiger partial charge in [-0.1, -0.05) is 31.0 Å². The average molecular weight is 501 g/mol. The van der Waals surface area contributed by atoms with Crippen molar-refractivity contribution >= 4 is 16.9 Å². The Labute approximate surface area is 216 Å². The molecule has 2 aromatic heterocycles. The van der Waals surface area contributed by atoms with E-state index in [0.29, 0.717) is 46.1 Å². The van der Waals surface area contributed by atoms with Gasteiger partial charge in [-0.05, 0) is 48.6 Å². The largest absolute Gasteiger partial charge is 0.493 e. The van der Waals surface area contributed by atoms with E-state index in [0.717, 1.165) is 42.4 Å². The lowest BCUT2D eigenvalue weighted by Gasteiger charge is -2.28. The molecule has 7 nitrogen and oxygen atoms in total. The molecular formula is C30H32N2O5. The number of benzene rings is 2. The molecule has 0 amide bonds. The van der Waals surface area contributed by atoms with E-state index in [2.05, 4.69) is 4.98 Å². The Bertz CT molecular complexity index is 1400. The van der Waals surface area contributed by atoms with Crippen LogP contribution in [0.15, 0.2) is 59.1 Å². The minimum absolute atomic E-state index is 0.109. The van der Waals surface area contributed by atoms with Gasteiger partial charge in [0, 0.05) is 41.4 Å². The van der Waals surface area contributed by atoms with Crippen molar-refractivity contribution in [2.24, 2.45) is 11.7 Å². The zero-order valence-corrected chi connectivity index (χ0v) is 21.5. The lowest BCUT2D eigenvalue weighted by molar-refractivity contribution is 0.0942. The van der Waals surface area contributed by atoms with Gasteiger partial charge < -0.3 is 24.4 Å². The maximum atomic E-state index is 13.1. The van der Waals surface area contributed by atoms with E-state index in [9.17, 15) is 4.79 Å². The number of carbonyl (C=O) groups is 1. The minimum atomic E-state index is 0.109. The zero-order chi connectivity index (χ0) is 25.9. The molecule has 7 heteroatoms. The normalized spacial score (nSPS) is 17.5. The van der Waals surface area contributed by atoms with Gasteiger partial charge >= 0.3 is 0 Å². The SMILES string of the molecule is COc1cc(-c2cc3nccc(-c4cccc(C(=O)C[C@@H]5CCCC[C@@H]5N)c4)c3o2)cc(OC)c1OC. The first kappa shape index (κ1) is 24.8. The van der Waals surface area contributed by atoms with Crippen LogP contribution in [0.4, 0.5) is 0 Å². The van der Waals surface area contributed by atoms with E-state index in [1.165, 1.54) is 0 Å². The lowest BCUT2D eigenvalue weighted by atomic mass is 9.81. The Morgan fingerprint density at radius 1 is 0.973 bits per heavy atom. The Morgan fingerprint density at radius 3 is 2.43 bits per heavy atom. The van der Waals surface area contributed by atoms with Crippen LogP contribution in [0.2, 0.25) is 0 Å². The highest BCUT2D eigenvalue weighted by Gasteiger charge is 2.25. The molecule has 1 fully saturated rings. The number of nitrogens with zero attached hydrogens (tertiary/aromatic N) is 1. The van der Waals surface area contributed by atoms with E-state index in [4.69, 9.17) is 24.4 Å². The number of ketones is 1. The zero-order valence-electron chi connectivity index (χ0n) is 21.5. The Balaban J connectivity index is 1.49. The monoisotopic (exact) mass is 500 g/mol. The van der Waals surface area contributed by atoms with E-state index in [-0.39, 0.29) is 17.7 Å². The van der Waals surface area contributed by atoms with Crippen molar-refractivity contribution in [3.8, 4) is 39.7 Å². The predicted molar refractivity (Wildman–Crippen MR) is 143 cm³/mol. The molecule has 0 saturated heterocycles. The number of ether oxygens (including phenoxy) is 3. The van der Waals surface area contributed by atoms with Crippen molar-refractivity contribution in [2.45, 2.75) is 38.1 Å². The molecule has 0 bridgehead atoms. The van der Waals surface area contributed by atoms with Gasteiger partial charge in [-0.25, -0.2) is 0 Å². The molecule has 37 heavy (non-hydrogen) atoms. The van der Waals surface area contributed by atoms with Gasteiger partial charge in [0.2, 0.25) is 5.75 Å². The maximum Gasteiger partial charge on any atom is 0.203 e. The molecule has 2 N–H and O–H groups in total. The summed E-state index contributed by atoms with van der Waals surface area (Å²) < 4.78 is 22.8. The highest BCUT2D eigenvalue weighted by atomic mass is 16.5. The molecule has 192 valence electrons. The molecule has 2 heterocycles. The minimum Gasteiger partial charge on any atom is -0.493 e. The van der Waals surface area contributed by atoms with Crippen molar-refractivity contribution in [1.29, 1.82) is 0 Å². The van der Waals surface area contributed by atoms with Crippen molar-refractivity contribution < 1.29 is 23.4 Å². The van der Waals surface area contributed by atoms with Crippen LogP contribution in [0.5, 0.6) is 17.2 Å². The first-order chi connectivity index (χ1) is 18.0. The first-order valence-electron chi connectivity index (χ1n) is 12.6. The quantitative estimate of drug-likeness (QED) is 0.284. The molecule has 0 spiro atoms.